The highest BCUT2D eigenvalue weighted by molar-refractivity contribution is 5.94. The highest BCUT2D eigenvalue weighted by Gasteiger charge is 2.31. The zero-order valence-electron chi connectivity index (χ0n) is 18.4. The van der Waals surface area contributed by atoms with E-state index in [4.69, 9.17) is 9.47 Å². The molecule has 2 aliphatic rings. The van der Waals surface area contributed by atoms with Gasteiger partial charge in [0.25, 0.3) is 5.91 Å². The fourth-order valence-electron chi connectivity index (χ4n) is 3.92. The average Bonchev–Trinajstić information content (AvgIpc) is 3.08. The predicted octanol–water partition coefficient (Wildman–Crippen LogP) is 3.18. The van der Waals surface area contributed by atoms with Crippen LogP contribution < -0.4 is 10.2 Å². The first-order chi connectivity index (χ1) is 14.0. The van der Waals surface area contributed by atoms with Gasteiger partial charge in [-0.05, 0) is 59.2 Å². The number of hydrogen-bond donors (Lipinski definition) is 1. The number of hydrogen-bond acceptors (Lipinski definition) is 5. The van der Waals surface area contributed by atoms with Gasteiger partial charge in [-0.3, -0.25) is 4.79 Å². The molecule has 8 heteroatoms. The molecule has 0 saturated carbocycles. The van der Waals surface area contributed by atoms with Crippen molar-refractivity contribution in [1.29, 1.82) is 0 Å². The number of nitrogens with one attached hydrogen (secondary N) is 1. The number of rotatable bonds is 3. The van der Waals surface area contributed by atoms with E-state index < -0.39 is 11.4 Å². The molecule has 166 valence electrons. The molecule has 1 aromatic carbocycles. The van der Waals surface area contributed by atoms with E-state index in [0.29, 0.717) is 38.3 Å². The molecule has 2 aliphatic heterocycles. The third-order valence-corrected chi connectivity index (χ3v) is 5.15. The molecule has 0 unspecified atom stereocenters. The van der Waals surface area contributed by atoms with E-state index in [-0.39, 0.29) is 35.8 Å². The second kappa shape index (κ2) is 8.79. The molecule has 7 nitrogen and oxygen atoms in total. The summed E-state index contributed by atoms with van der Waals surface area (Å²) in [6.07, 6.45) is 0.288. The van der Waals surface area contributed by atoms with Crippen LogP contribution in [-0.4, -0.2) is 66.9 Å². The van der Waals surface area contributed by atoms with Crippen molar-refractivity contribution in [2.75, 3.05) is 31.1 Å². The van der Waals surface area contributed by atoms with E-state index >= 15 is 0 Å². The lowest BCUT2D eigenvalue weighted by molar-refractivity contribution is -0.00540. The van der Waals surface area contributed by atoms with Crippen molar-refractivity contribution in [3.63, 3.8) is 0 Å². The summed E-state index contributed by atoms with van der Waals surface area (Å²) in [6.45, 7) is 11.5. The molecule has 2 saturated heterocycles. The van der Waals surface area contributed by atoms with Crippen LogP contribution in [0.1, 0.15) is 51.4 Å². The highest BCUT2D eigenvalue weighted by atomic mass is 19.1. The van der Waals surface area contributed by atoms with Crippen LogP contribution in [-0.2, 0) is 9.47 Å². The SMILES string of the molecule is C[C@@H]1CN(c2ccc(C(=O)N[C@@H]3CCN(C(=O)OC(C)(C)C)C3)cc2F)C[C@H](C)O1. The molecule has 0 spiro atoms. The molecule has 0 aliphatic carbocycles. The Morgan fingerprint density at radius 1 is 1.17 bits per heavy atom. The van der Waals surface area contributed by atoms with Crippen molar-refractivity contribution in [3.8, 4) is 0 Å². The molecule has 0 bridgehead atoms. The molecule has 0 aromatic heterocycles. The first-order valence-corrected chi connectivity index (χ1v) is 10.5. The van der Waals surface area contributed by atoms with Crippen molar-refractivity contribution in [1.82, 2.24) is 10.2 Å². The number of anilines is 1. The van der Waals surface area contributed by atoms with Gasteiger partial charge in [0.15, 0.2) is 0 Å². The van der Waals surface area contributed by atoms with Gasteiger partial charge in [0, 0.05) is 37.8 Å². The topological polar surface area (TPSA) is 71.1 Å². The number of morpholine rings is 1. The zero-order valence-corrected chi connectivity index (χ0v) is 18.4. The number of carbonyl (C=O) groups excluding carboxylic acids is 2. The number of nitrogens with zero attached hydrogens (tertiary/aromatic N) is 2. The Morgan fingerprint density at radius 2 is 1.83 bits per heavy atom. The number of halogens is 1. The monoisotopic (exact) mass is 421 g/mol. The van der Waals surface area contributed by atoms with E-state index in [1.54, 1.807) is 17.0 Å². The molecule has 2 heterocycles. The number of benzene rings is 1. The maximum atomic E-state index is 14.8. The summed E-state index contributed by atoms with van der Waals surface area (Å²) in [5, 5.41) is 2.89. The zero-order chi connectivity index (χ0) is 22.1. The summed E-state index contributed by atoms with van der Waals surface area (Å²) in [6, 6.07) is 4.37. The first-order valence-electron chi connectivity index (χ1n) is 10.5. The van der Waals surface area contributed by atoms with Crippen LogP contribution in [0.3, 0.4) is 0 Å². The Labute approximate surface area is 177 Å². The van der Waals surface area contributed by atoms with Crippen molar-refractivity contribution in [3.05, 3.63) is 29.6 Å². The van der Waals surface area contributed by atoms with Gasteiger partial charge in [0.1, 0.15) is 11.4 Å². The molecule has 0 radical (unpaired) electrons. The molecule has 3 rings (SSSR count). The van der Waals surface area contributed by atoms with E-state index in [1.165, 1.54) is 6.07 Å². The molecule has 30 heavy (non-hydrogen) atoms. The first kappa shape index (κ1) is 22.3. The normalized spacial score (nSPS) is 24.7. The Bertz CT molecular complexity index is 785. The van der Waals surface area contributed by atoms with Crippen LogP contribution in [0.15, 0.2) is 18.2 Å². The summed E-state index contributed by atoms with van der Waals surface area (Å²) in [5.74, 6) is -0.772. The molecule has 1 aromatic rings. The van der Waals surface area contributed by atoms with E-state index in [2.05, 4.69) is 5.32 Å². The van der Waals surface area contributed by atoms with Crippen molar-refractivity contribution < 1.29 is 23.5 Å². The second-order valence-corrected chi connectivity index (χ2v) is 9.21. The Morgan fingerprint density at radius 3 is 2.43 bits per heavy atom. The smallest absolute Gasteiger partial charge is 0.410 e. The van der Waals surface area contributed by atoms with Crippen molar-refractivity contribution in [2.24, 2.45) is 0 Å². The Kier molecular flexibility index (Phi) is 6.55. The van der Waals surface area contributed by atoms with Crippen LogP contribution in [0.25, 0.3) is 0 Å². The van der Waals surface area contributed by atoms with Crippen LogP contribution in [0.2, 0.25) is 0 Å². The Balaban J connectivity index is 1.59. The Hall–Kier alpha value is -2.35. The number of amides is 2. The lowest BCUT2D eigenvalue weighted by Gasteiger charge is -2.37. The van der Waals surface area contributed by atoms with Crippen LogP contribution in [0.5, 0.6) is 0 Å². The molecular formula is C22H32FN3O4. The minimum absolute atomic E-state index is 0.0198. The van der Waals surface area contributed by atoms with Crippen LogP contribution in [0, 0.1) is 5.82 Å². The molecule has 2 fully saturated rings. The van der Waals surface area contributed by atoms with Gasteiger partial charge in [-0.2, -0.15) is 0 Å². The maximum absolute atomic E-state index is 14.8. The van der Waals surface area contributed by atoms with E-state index in [1.807, 2.05) is 39.5 Å². The summed E-state index contributed by atoms with van der Waals surface area (Å²) < 4.78 is 25.8. The number of carbonyl (C=O) groups is 2. The second-order valence-electron chi connectivity index (χ2n) is 9.21. The van der Waals surface area contributed by atoms with Gasteiger partial charge >= 0.3 is 6.09 Å². The third kappa shape index (κ3) is 5.62. The van der Waals surface area contributed by atoms with Crippen LogP contribution in [0.4, 0.5) is 14.9 Å². The minimum Gasteiger partial charge on any atom is -0.444 e. The summed E-state index contributed by atoms with van der Waals surface area (Å²) >= 11 is 0. The van der Waals surface area contributed by atoms with E-state index in [9.17, 15) is 14.0 Å². The summed E-state index contributed by atoms with van der Waals surface area (Å²) in [5.41, 5.74) is 0.181. The molecule has 1 N–H and O–H groups in total. The van der Waals surface area contributed by atoms with Gasteiger partial charge in [-0.1, -0.05) is 0 Å². The fraction of sp³-hybridized carbons (Fsp3) is 0.636. The minimum atomic E-state index is -0.562. The van der Waals surface area contributed by atoms with Gasteiger partial charge < -0.3 is 24.6 Å². The molecule has 2 amide bonds. The predicted molar refractivity (Wildman–Crippen MR) is 112 cm³/mol. The van der Waals surface area contributed by atoms with Gasteiger partial charge in [-0.25, -0.2) is 9.18 Å². The maximum Gasteiger partial charge on any atom is 0.410 e. The summed E-state index contributed by atoms with van der Waals surface area (Å²) in [7, 11) is 0. The third-order valence-electron chi connectivity index (χ3n) is 5.15. The van der Waals surface area contributed by atoms with Crippen molar-refractivity contribution in [2.45, 2.75) is 64.9 Å². The van der Waals surface area contributed by atoms with Gasteiger partial charge in [0.2, 0.25) is 0 Å². The van der Waals surface area contributed by atoms with E-state index in [0.717, 1.165) is 0 Å². The lowest BCUT2D eigenvalue weighted by atomic mass is 10.1. The van der Waals surface area contributed by atoms with Gasteiger partial charge in [-0.15, -0.1) is 0 Å². The summed E-state index contributed by atoms with van der Waals surface area (Å²) in [4.78, 5) is 28.3. The highest BCUT2D eigenvalue weighted by Crippen LogP contribution is 2.25. The lowest BCUT2D eigenvalue weighted by Crippen LogP contribution is -2.45. The van der Waals surface area contributed by atoms with Gasteiger partial charge in [0.05, 0.1) is 17.9 Å². The molecule has 3 atom stereocenters. The van der Waals surface area contributed by atoms with Crippen molar-refractivity contribution >= 4 is 17.7 Å². The quantitative estimate of drug-likeness (QED) is 0.812. The van der Waals surface area contributed by atoms with Crippen LogP contribution >= 0.6 is 0 Å². The average molecular weight is 422 g/mol. The number of ether oxygens (including phenoxy) is 2. The fourth-order valence-corrected chi connectivity index (χ4v) is 3.92. The molecular weight excluding hydrogens is 389 g/mol. The largest absolute Gasteiger partial charge is 0.444 e. The standard InChI is InChI=1S/C22H32FN3O4/c1-14-11-26(12-15(2)29-14)19-7-6-16(10-18(19)23)20(27)24-17-8-9-25(13-17)21(28)30-22(3,4)5/h6-7,10,14-15,17H,8-9,11-13H2,1-5H3,(H,24,27)/t14-,15+,17-/m1/s1. The number of likely N-dealkylation sites (tertiary alicyclic amines) is 1.